The Kier molecular flexibility index (Phi) is 3.96. The molecule has 0 aromatic carbocycles. The Morgan fingerprint density at radius 3 is 3.00 bits per heavy atom. The number of hydrogen-bond donors (Lipinski definition) is 1. The molecule has 0 amide bonds. The fraction of sp³-hybridized carbons (Fsp3) is 0.300. The van der Waals surface area contributed by atoms with Crippen LogP contribution in [-0.2, 0) is 0 Å². The molecule has 0 saturated heterocycles. The minimum Gasteiger partial charge on any atom is -0.383 e. The van der Waals surface area contributed by atoms with Crippen LogP contribution in [0.2, 0.25) is 0 Å². The maximum atomic E-state index is 4.05. The minimum absolute atomic E-state index is 0.910. The second-order valence-electron chi connectivity index (χ2n) is 3.03. The standard InChI is InChI=1S/C10H13BrN2/c1-8(2)3-4-13-10-5-9(11)6-12-7-10/h5-7,13H,1,3-4H2,2H3. The number of nitrogens with zero attached hydrogens (tertiary/aromatic N) is 1. The molecule has 0 aliphatic carbocycles. The number of rotatable bonds is 4. The fourth-order valence-electron chi connectivity index (χ4n) is 0.929. The number of anilines is 1. The van der Waals surface area contributed by atoms with Gasteiger partial charge in [0.2, 0.25) is 0 Å². The van der Waals surface area contributed by atoms with Crippen molar-refractivity contribution in [2.75, 3.05) is 11.9 Å². The van der Waals surface area contributed by atoms with Gasteiger partial charge in [0.05, 0.1) is 11.9 Å². The van der Waals surface area contributed by atoms with E-state index in [1.165, 1.54) is 5.57 Å². The highest BCUT2D eigenvalue weighted by Gasteiger charge is 1.93. The van der Waals surface area contributed by atoms with Crippen molar-refractivity contribution in [1.82, 2.24) is 4.98 Å². The van der Waals surface area contributed by atoms with E-state index in [2.05, 4.69) is 32.8 Å². The van der Waals surface area contributed by atoms with Crippen LogP contribution in [0.3, 0.4) is 0 Å². The average Bonchev–Trinajstić information content (AvgIpc) is 2.03. The van der Waals surface area contributed by atoms with Gasteiger partial charge in [0.15, 0.2) is 0 Å². The molecular formula is C10H13BrN2. The van der Waals surface area contributed by atoms with Crippen molar-refractivity contribution in [2.45, 2.75) is 13.3 Å². The van der Waals surface area contributed by atoms with E-state index < -0.39 is 0 Å². The van der Waals surface area contributed by atoms with Gasteiger partial charge in [-0.3, -0.25) is 4.98 Å². The van der Waals surface area contributed by atoms with Crippen LogP contribution in [0.4, 0.5) is 5.69 Å². The van der Waals surface area contributed by atoms with Crippen LogP contribution in [-0.4, -0.2) is 11.5 Å². The van der Waals surface area contributed by atoms with Gasteiger partial charge in [-0.05, 0) is 35.3 Å². The van der Waals surface area contributed by atoms with Gasteiger partial charge >= 0.3 is 0 Å². The third-order valence-electron chi connectivity index (χ3n) is 1.59. The highest BCUT2D eigenvalue weighted by molar-refractivity contribution is 9.10. The van der Waals surface area contributed by atoms with Gasteiger partial charge in [0.1, 0.15) is 0 Å². The number of halogens is 1. The third-order valence-corrected chi connectivity index (χ3v) is 2.02. The van der Waals surface area contributed by atoms with Crippen molar-refractivity contribution in [1.29, 1.82) is 0 Å². The summed E-state index contributed by atoms with van der Waals surface area (Å²) in [5.74, 6) is 0. The summed E-state index contributed by atoms with van der Waals surface area (Å²) in [6.07, 6.45) is 4.57. The predicted octanol–water partition coefficient (Wildman–Crippen LogP) is 3.22. The summed E-state index contributed by atoms with van der Waals surface area (Å²) in [4.78, 5) is 4.05. The SMILES string of the molecule is C=C(C)CCNc1cncc(Br)c1. The summed E-state index contributed by atoms with van der Waals surface area (Å²) < 4.78 is 0.993. The van der Waals surface area contributed by atoms with Gasteiger partial charge in [0.25, 0.3) is 0 Å². The van der Waals surface area contributed by atoms with Crippen LogP contribution < -0.4 is 5.32 Å². The predicted molar refractivity (Wildman–Crippen MR) is 59.9 cm³/mol. The molecule has 13 heavy (non-hydrogen) atoms. The lowest BCUT2D eigenvalue weighted by Crippen LogP contribution is -2.01. The molecule has 1 N–H and O–H groups in total. The quantitative estimate of drug-likeness (QED) is 0.818. The van der Waals surface area contributed by atoms with Gasteiger partial charge in [-0.2, -0.15) is 0 Å². The molecule has 1 aromatic heterocycles. The second kappa shape index (κ2) is 5.02. The first kappa shape index (κ1) is 10.3. The smallest absolute Gasteiger partial charge is 0.0538 e. The normalized spacial score (nSPS) is 9.69. The molecule has 1 rings (SSSR count). The molecule has 0 unspecified atom stereocenters. The first-order valence-electron chi connectivity index (χ1n) is 4.17. The zero-order valence-corrected chi connectivity index (χ0v) is 9.26. The molecule has 0 spiro atoms. The lowest BCUT2D eigenvalue weighted by Gasteiger charge is -2.05. The van der Waals surface area contributed by atoms with Gasteiger partial charge in [-0.15, -0.1) is 6.58 Å². The van der Waals surface area contributed by atoms with Gasteiger partial charge in [-0.25, -0.2) is 0 Å². The van der Waals surface area contributed by atoms with Gasteiger partial charge in [-0.1, -0.05) is 5.57 Å². The number of hydrogen-bond acceptors (Lipinski definition) is 2. The van der Waals surface area contributed by atoms with Crippen molar-refractivity contribution in [3.8, 4) is 0 Å². The lowest BCUT2D eigenvalue weighted by molar-refractivity contribution is 0.999. The summed E-state index contributed by atoms with van der Waals surface area (Å²) in [6.45, 7) is 6.78. The van der Waals surface area contributed by atoms with Crippen LogP contribution >= 0.6 is 15.9 Å². The number of pyridine rings is 1. The largest absolute Gasteiger partial charge is 0.383 e. The molecular weight excluding hydrogens is 228 g/mol. The first-order valence-corrected chi connectivity index (χ1v) is 4.96. The summed E-state index contributed by atoms with van der Waals surface area (Å²) in [6, 6.07) is 2.01. The Hall–Kier alpha value is -0.830. The molecule has 0 atom stereocenters. The molecule has 0 aliphatic rings. The molecule has 3 heteroatoms. The molecule has 1 heterocycles. The van der Waals surface area contributed by atoms with E-state index in [1.54, 1.807) is 6.20 Å². The van der Waals surface area contributed by atoms with E-state index >= 15 is 0 Å². The van der Waals surface area contributed by atoms with E-state index in [0.29, 0.717) is 0 Å². The summed E-state index contributed by atoms with van der Waals surface area (Å²) in [7, 11) is 0. The minimum atomic E-state index is 0.910. The van der Waals surface area contributed by atoms with Crippen molar-refractivity contribution < 1.29 is 0 Å². The number of nitrogens with one attached hydrogen (secondary N) is 1. The topological polar surface area (TPSA) is 24.9 Å². The molecule has 70 valence electrons. The zero-order chi connectivity index (χ0) is 9.68. The van der Waals surface area contributed by atoms with Crippen LogP contribution in [0.5, 0.6) is 0 Å². The van der Waals surface area contributed by atoms with Crippen molar-refractivity contribution >= 4 is 21.6 Å². The Labute approximate surface area is 87.2 Å². The van der Waals surface area contributed by atoms with Crippen molar-refractivity contribution in [3.63, 3.8) is 0 Å². The van der Waals surface area contributed by atoms with E-state index in [-0.39, 0.29) is 0 Å². The summed E-state index contributed by atoms with van der Waals surface area (Å²) in [5.41, 5.74) is 2.23. The third kappa shape index (κ3) is 4.08. The molecule has 0 radical (unpaired) electrons. The lowest BCUT2D eigenvalue weighted by atomic mass is 10.2. The maximum Gasteiger partial charge on any atom is 0.0538 e. The highest BCUT2D eigenvalue weighted by atomic mass is 79.9. The van der Waals surface area contributed by atoms with Crippen molar-refractivity contribution in [2.24, 2.45) is 0 Å². The van der Waals surface area contributed by atoms with E-state index in [9.17, 15) is 0 Å². The Bertz CT molecular complexity index is 297. The van der Waals surface area contributed by atoms with Crippen LogP contribution in [0.15, 0.2) is 35.1 Å². The molecule has 0 saturated carbocycles. The molecule has 0 aliphatic heterocycles. The van der Waals surface area contributed by atoms with Gasteiger partial charge in [0, 0.05) is 17.2 Å². The van der Waals surface area contributed by atoms with Crippen LogP contribution in [0.25, 0.3) is 0 Å². The Morgan fingerprint density at radius 1 is 1.62 bits per heavy atom. The molecule has 1 aromatic rings. The number of aromatic nitrogens is 1. The van der Waals surface area contributed by atoms with Crippen LogP contribution in [0, 0.1) is 0 Å². The first-order chi connectivity index (χ1) is 6.18. The Morgan fingerprint density at radius 2 is 2.38 bits per heavy atom. The molecule has 0 bridgehead atoms. The van der Waals surface area contributed by atoms with Crippen LogP contribution in [0.1, 0.15) is 13.3 Å². The van der Waals surface area contributed by atoms with Crippen molar-refractivity contribution in [3.05, 3.63) is 35.1 Å². The highest BCUT2D eigenvalue weighted by Crippen LogP contribution is 2.13. The second-order valence-corrected chi connectivity index (χ2v) is 3.94. The molecule has 2 nitrogen and oxygen atoms in total. The maximum absolute atomic E-state index is 4.05. The van der Waals surface area contributed by atoms with E-state index in [0.717, 1.165) is 23.1 Å². The Balaban J connectivity index is 2.41. The fourth-order valence-corrected chi connectivity index (χ4v) is 1.29. The monoisotopic (exact) mass is 240 g/mol. The van der Waals surface area contributed by atoms with E-state index in [1.807, 2.05) is 19.2 Å². The molecule has 0 fully saturated rings. The summed E-state index contributed by atoms with van der Waals surface area (Å²) in [5, 5.41) is 3.26. The average molecular weight is 241 g/mol. The zero-order valence-electron chi connectivity index (χ0n) is 7.68. The van der Waals surface area contributed by atoms with E-state index in [4.69, 9.17) is 0 Å². The summed E-state index contributed by atoms with van der Waals surface area (Å²) >= 11 is 3.36. The van der Waals surface area contributed by atoms with Gasteiger partial charge < -0.3 is 5.32 Å².